The van der Waals surface area contributed by atoms with Crippen LogP contribution in [0.1, 0.15) is 5.56 Å². The van der Waals surface area contributed by atoms with Gasteiger partial charge < -0.3 is 9.47 Å². The molecular weight excluding hydrogens is 467 g/mol. The summed E-state index contributed by atoms with van der Waals surface area (Å²) in [5.74, 6) is 1.36. The second kappa shape index (κ2) is 9.98. The van der Waals surface area contributed by atoms with Gasteiger partial charge in [0.15, 0.2) is 0 Å². The fraction of sp³-hybridized carbons (Fsp3) is 0.111. The first kappa shape index (κ1) is 24.0. The number of rotatable bonds is 7. The van der Waals surface area contributed by atoms with Gasteiger partial charge in [0.05, 0.1) is 24.7 Å². The molecule has 7 heteroatoms. The SMILES string of the molecule is COc1cccc(OC)c1-c1ccccc1P(c1ccccc1)c1cc(S(=O)(=O)O)ccc1C. The Balaban J connectivity index is 2.06. The molecule has 0 saturated carbocycles. The molecule has 4 aromatic carbocycles. The molecule has 1 N–H and O–H groups in total. The molecule has 0 fully saturated rings. The molecule has 0 heterocycles. The lowest BCUT2D eigenvalue weighted by atomic mass is 10.0. The quantitative estimate of drug-likeness (QED) is 0.300. The maximum absolute atomic E-state index is 12.0. The van der Waals surface area contributed by atoms with Crippen LogP contribution in [0.5, 0.6) is 11.5 Å². The number of methoxy groups -OCH3 is 2. The predicted octanol–water partition coefficient (Wildman–Crippen LogP) is 4.68. The first-order chi connectivity index (χ1) is 16.3. The molecule has 4 rings (SSSR count). The van der Waals surface area contributed by atoms with Gasteiger partial charge in [-0.3, -0.25) is 4.55 Å². The topological polar surface area (TPSA) is 72.8 Å². The number of benzene rings is 4. The number of hydrogen-bond donors (Lipinski definition) is 1. The molecule has 34 heavy (non-hydrogen) atoms. The molecule has 1 atom stereocenters. The van der Waals surface area contributed by atoms with E-state index < -0.39 is 18.0 Å². The Kier molecular flexibility index (Phi) is 7.03. The van der Waals surface area contributed by atoms with Gasteiger partial charge in [-0.25, -0.2) is 0 Å². The van der Waals surface area contributed by atoms with Gasteiger partial charge in [0.25, 0.3) is 10.1 Å². The van der Waals surface area contributed by atoms with Gasteiger partial charge in [-0.05, 0) is 66.2 Å². The van der Waals surface area contributed by atoms with Crippen molar-refractivity contribution in [2.24, 2.45) is 0 Å². The predicted molar refractivity (Wildman–Crippen MR) is 138 cm³/mol. The van der Waals surface area contributed by atoms with Crippen molar-refractivity contribution < 1.29 is 22.4 Å². The van der Waals surface area contributed by atoms with Crippen LogP contribution in [0, 0.1) is 6.92 Å². The minimum absolute atomic E-state index is 0.121. The first-order valence-electron chi connectivity index (χ1n) is 10.6. The Morgan fingerprint density at radius 1 is 0.735 bits per heavy atom. The summed E-state index contributed by atoms with van der Waals surface area (Å²) in [5, 5.41) is 2.91. The summed E-state index contributed by atoms with van der Waals surface area (Å²) in [6, 6.07) is 28.4. The number of hydrogen-bond acceptors (Lipinski definition) is 4. The average Bonchev–Trinajstić information content (AvgIpc) is 2.85. The average molecular weight is 493 g/mol. The zero-order valence-electron chi connectivity index (χ0n) is 19.1. The smallest absolute Gasteiger partial charge is 0.294 e. The number of ether oxygens (including phenoxy) is 2. The summed E-state index contributed by atoms with van der Waals surface area (Å²) >= 11 is 0. The monoisotopic (exact) mass is 492 g/mol. The van der Waals surface area contributed by atoms with E-state index in [1.807, 2.05) is 73.7 Å². The van der Waals surface area contributed by atoms with Gasteiger partial charge in [-0.1, -0.05) is 66.7 Å². The molecule has 0 saturated heterocycles. The van der Waals surface area contributed by atoms with E-state index in [4.69, 9.17) is 9.47 Å². The lowest BCUT2D eigenvalue weighted by Crippen LogP contribution is -2.24. The van der Waals surface area contributed by atoms with E-state index in [-0.39, 0.29) is 4.90 Å². The third-order valence-corrected chi connectivity index (χ3v) is 9.08. The fourth-order valence-electron chi connectivity index (χ4n) is 3.97. The van der Waals surface area contributed by atoms with Gasteiger partial charge in [0.1, 0.15) is 11.5 Å². The highest BCUT2D eigenvalue weighted by Crippen LogP contribution is 2.43. The molecule has 0 aliphatic rings. The van der Waals surface area contributed by atoms with Crippen molar-refractivity contribution in [1.29, 1.82) is 0 Å². The van der Waals surface area contributed by atoms with Crippen molar-refractivity contribution in [1.82, 2.24) is 0 Å². The zero-order valence-corrected chi connectivity index (χ0v) is 20.8. The lowest BCUT2D eigenvalue weighted by molar-refractivity contribution is 0.397. The minimum Gasteiger partial charge on any atom is -0.496 e. The Morgan fingerprint density at radius 3 is 1.97 bits per heavy atom. The van der Waals surface area contributed by atoms with E-state index in [1.165, 1.54) is 6.07 Å². The van der Waals surface area contributed by atoms with Crippen LogP contribution in [-0.4, -0.2) is 27.2 Å². The first-order valence-corrected chi connectivity index (χ1v) is 13.4. The zero-order chi connectivity index (χ0) is 24.3. The molecule has 0 aliphatic heterocycles. The van der Waals surface area contributed by atoms with Gasteiger partial charge in [-0.15, -0.1) is 0 Å². The molecule has 0 aliphatic carbocycles. The Morgan fingerprint density at radius 2 is 1.35 bits per heavy atom. The van der Waals surface area contributed by atoms with Crippen LogP contribution in [0.15, 0.2) is 95.9 Å². The lowest BCUT2D eigenvalue weighted by Gasteiger charge is -2.25. The highest BCUT2D eigenvalue weighted by molar-refractivity contribution is 7.86. The summed E-state index contributed by atoms with van der Waals surface area (Å²) in [7, 11) is -2.30. The summed E-state index contributed by atoms with van der Waals surface area (Å²) < 4.78 is 45.1. The van der Waals surface area contributed by atoms with Crippen LogP contribution < -0.4 is 25.4 Å². The maximum Gasteiger partial charge on any atom is 0.294 e. The summed E-state index contributed by atoms with van der Waals surface area (Å²) in [4.78, 5) is -0.121. The molecular formula is C27H25O5PS. The second-order valence-electron chi connectivity index (χ2n) is 7.65. The van der Waals surface area contributed by atoms with Crippen molar-refractivity contribution in [3.8, 4) is 22.6 Å². The van der Waals surface area contributed by atoms with E-state index in [2.05, 4.69) is 6.07 Å². The molecule has 0 amide bonds. The third kappa shape index (κ3) is 4.71. The number of aryl methyl sites for hydroxylation is 1. The highest BCUT2D eigenvalue weighted by Gasteiger charge is 2.25. The third-order valence-electron chi connectivity index (χ3n) is 5.58. The molecule has 0 spiro atoms. The van der Waals surface area contributed by atoms with Crippen LogP contribution in [0.25, 0.3) is 11.1 Å². The molecule has 0 radical (unpaired) electrons. The van der Waals surface area contributed by atoms with Gasteiger partial charge >= 0.3 is 0 Å². The van der Waals surface area contributed by atoms with Crippen LogP contribution in [0.3, 0.4) is 0 Å². The standard InChI is InChI=1S/C27H25O5PS/c1-19-16-17-21(34(28,29)30)18-26(19)33(20-10-5-4-6-11-20)25-15-8-7-12-22(25)27-23(31-2)13-9-14-24(27)32-3/h4-18H,1-3H3,(H,28,29,30). The van der Waals surface area contributed by atoms with Crippen LogP contribution in [0.2, 0.25) is 0 Å². The molecule has 174 valence electrons. The van der Waals surface area contributed by atoms with E-state index in [0.717, 1.165) is 32.6 Å². The van der Waals surface area contributed by atoms with Crippen molar-refractivity contribution in [2.75, 3.05) is 14.2 Å². The van der Waals surface area contributed by atoms with E-state index in [1.54, 1.807) is 26.4 Å². The highest BCUT2D eigenvalue weighted by atomic mass is 32.2. The van der Waals surface area contributed by atoms with Crippen molar-refractivity contribution in [2.45, 2.75) is 11.8 Å². The Hall–Kier alpha value is -3.18. The van der Waals surface area contributed by atoms with Crippen LogP contribution >= 0.6 is 7.92 Å². The van der Waals surface area contributed by atoms with Gasteiger partial charge in [0.2, 0.25) is 0 Å². The Bertz CT molecular complexity index is 1400. The van der Waals surface area contributed by atoms with Gasteiger partial charge in [0, 0.05) is 0 Å². The normalized spacial score (nSPS) is 12.2. The molecule has 0 bridgehead atoms. The second-order valence-corrected chi connectivity index (χ2v) is 11.2. The summed E-state index contributed by atoms with van der Waals surface area (Å²) in [6.07, 6.45) is 0. The molecule has 1 unspecified atom stereocenters. The molecule has 5 nitrogen and oxygen atoms in total. The fourth-order valence-corrected chi connectivity index (χ4v) is 7.21. The summed E-state index contributed by atoms with van der Waals surface area (Å²) in [5.41, 5.74) is 2.70. The van der Waals surface area contributed by atoms with Gasteiger partial charge in [-0.2, -0.15) is 8.42 Å². The van der Waals surface area contributed by atoms with Crippen molar-refractivity contribution in [3.05, 3.63) is 96.6 Å². The van der Waals surface area contributed by atoms with E-state index in [0.29, 0.717) is 11.5 Å². The van der Waals surface area contributed by atoms with E-state index in [9.17, 15) is 13.0 Å². The van der Waals surface area contributed by atoms with Crippen molar-refractivity contribution in [3.63, 3.8) is 0 Å². The van der Waals surface area contributed by atoms with Crippen LogP contribution in [0.4, 0.5) is 0 Å². The molecule has 0 aromatic heterocycles. The largest absolute Gasteiger partial charge is 0.496 e. The summed E-state index contributed by atoms with van der Waals surface area (Å²) in [6.45, 7) is 1.95. The van der Waals surface area contributed by atoms with Crippen molar-refractivity contribution >= 4 is 34.0 Å². The molecule has 4 aromatic rings. The minimum atomic E-state index is -4.35. The Labute approximate surface area is 201 Å². The van der Waals surface area contributed by atoms with E-state index >= 15 is 0 Å². The maximum atomic E-state index is 12.0. The van der Waals surface area contributed by atoms with Crippen LogP contribution in [-0.2, 0) is 10.1 Å².